The van der Waals surface area contributed by atoms with Crippen LogP contribution in [-0.4, -0.2) is 16.1 Å². The monoisotopic (exact) mass is 387 g/mol. The minimum absolute atomic E-state index is 0.0227. The summed E-state index contributed by atoms with van der Waals surface area (Å²) in [6.45, 7) is 0. The highest BCUT2D eigenvalue weighted by atomic mass is 19.4. The number of amides is 1. The summed E-state index contributed by atoms with van der Waals surface area (Å²) in [5.41, 5.74) is 2.50. The topological polar surface area (TPSA) is 68.0 Å². The quantitative estimate of drug-likeness (QED) is 0.695. The van der Waals surface area contributed by atoms with Crippen LogP contribution in [0.1, 0.15) is 39.9 Å². The number of benzene rings is 2. The Morgan fingerprint density at radius 3 is 2.39 bits per heavy atom. The van der Waals surface area contributed by atoms with Crippen LogP contribution in [0.2, 0.25) is 0 Å². The molecule has 0 fully saturated rings. The molecule has 1 aliphatic carbocycles. The van der Waals surface area contributed by atoms with E-state index in [9.17, 15) is 18.0 Å². The Morgan fingerprint density at radius 1 is 0.964 bits per heavy atom. The maximum atomic E-state index is 12.6. The molecular weight excluding hydrogens is 371 g/mol. The first-order valence-electron chi connectivity index (χ1n) is 8.84. The van der Waals surface area contributed by atoms with Crippen molar-refractivity contribution in [3.05, 3.63) is 64.7 Å². The summed E-state index contributed by atoms with van der Waals surface area (Å²) in [5.74, 6) is -0.356. The third-order valence-electron chi connectivity index (χ3n) is 4.72. The van der Waals surface area contributed by atoms with Crippen molar-refractivity contribution in [3.63, 3.8) is 0 Å². The number of nitrogens with zero attached hydrogens (tertiary/aromatic N) is 2. The van der Waals surface area contributed by atoms with Gasteiger partial charge in [-0.05, 0) is 73.2 Å². The highest BCUT2D eigenvalue weighted by Crippen LogP contribution is 2.31. The Bertz CT molecular complexity index is 1010. The normalized spacial score (nSPS) is 13.8. The Balaban J connectivity index is 1.48. The molecule has 1 aromatic heterocycles. The molecule has 0 saturated heterocycles. The summed E-state index contributed by atoms with van der Waals surface area (Å²) in [6.07, 6.45) is -0.167. The van der Waals surface area contributed by atoms with E-state index in [2.05, 4.69) is 15.5 Å². The van der Waals surface area contributed by atoms with Crippen LogP contribution < -0.4 is 5.32 Å². The fourth-order valence-electron chi connectivity index (χ4n) is 3.24. The zero-order valence-electron chi connectivity index (χ0n) is 14.7. The van der Waals surface area contributed by atoms with E-state index < -0.39 is 11.7 Å². The zero-order chi connectivity index (χ0) is 19.7. The number of hydrogen-bond donors (Lipinski definition) is 1. The number of aryl methyl sites for hydroxylation is 2. The second-order valence-corrected chi connectivity index (χ2v) is 6.63. The first-order valence-corrected chi connectivity index (χ1v) is 8.84. The minimum Gasteiger partial charge on any atom is -0.403 e. The van der Waals surface area contributed by atoms with Crippen LogP contribution in [0.3, 0.4) is 0 Å². The van der Waals surface area contributed by atoms with Crippen molar-refractivity contribution in [3.8, 4) is 11.5 Å². The van der Waals surface area contributed by atoms with Crippen LogP contribution in [-0.2, 0) is 19.0 Å². The van der Waals surface area contributed by atoms with E-state index in [1.807, 2.05) is 12.1 Å². The smallest absolute Gasteiger partial charge is 0.403 e. The minimum atomic E-state index is -4.42. The van der Waals surface area contributed by atoms with E-state index in [-0.39, 0.29) is 17.8 Å². The number of hydrogen-bond acceptors (Lipinski definition) is 4. The van der Waals surface area contributed by atoms with Crippen molar-refractivity contribution in [2.24, 2.45) is 0 Å². The van der Waals surface area contributed by atoms with E-state index in [0.29, 0.717) is 11.1 Å². The molecule has 0 spiro atoms. The summed E-state index contributed by atoms with van der Waals surface area (Å²) in [7, 11) is 0. The van der Waals surface area contributed by atoms with E-state index in [4.69, 9.17) is 4.42 Å². The number of carbonyl (C=O) groups excluding carboxylic acids is 1. The van der Waals surface area contributed by atoms with Gasteiger partial charge < -0.3 is 4.42 Å². The standard InChI is InChI=1S/C20H16F3N3O2/c21-20(22,23)16-9-7-13(8-10-16)18-25-26-19(28-18)24-17(27)15-6-5-12-3-1-2-4-14(12)11-15/h5-11H,1-4H2,(H,24,26,27). The van der Waals surface area contributed by atoms with Gasteiger partial charge in [0.05, 0.1) is 5.56 Å². The van der Waals surface area contributed by atoms with Crippen molar-refractivity contribution in [2.75, 3.05) is 5.32 Å². The molecule has 1 heterocycles. The van der Waals surface area contributed by atoms with Crippen LogP contribution >= 0.6 is 0 Å². The van der Waals surface area contributed by atoms with Crippen LogP contribution in [0.4, 0.5) is 19.2 Å². The SMILES string of the molecule is O=C(Nc1nnc(-c2ccc(C(F)(F)F)cc2)o1)c1ccc2c(c1)CCCC2. The molecule has 3 aromatic rings. The zero-order valence-corrected chi connectivity index (χ0v) is 14.7. The summed E-state index contributed by atoms with van der Waals surface area (Å²) < 4.78 is 43.3. The Hall–Kier alpha value is -3.16. The lowest BCUT2D eigenvalue weighted by atomic mass is 9.90. The number of nitrogens with one attached hydrogen (secondary N) is 1. The largest absolute Gasteiger partial charge is 0.416 e. The van der Waals surface area contributed by atoms with Gasteiger partial charge in [0.25, 0.3) is 5.91 Å². The maximum absolute atomic E-state index is 12.6. The number of carbonyl (C=O) groups is 1. The molecule has 5 nitrogen and oxygen atoms in total. The summed E-state index contributed by atoms with van der Waals surface area (Å²) >= 11 is 0. The Kier molecular flexibility index (Phi) is 4.62. The fourth-order valence-corrected chi connectivity index (χ4v) is 3.24. The molecule has 2 aromatic carbocycles. The van der Waals surface area contributed by atoms with E-state index in [1.165, 1.54) is 23.3 Å². The first-order chi connectivity index (χ1) is 13.4. The maximum Gasteiger partial charge on any atom is 0.416 e. The second-order valence-electron chi connectivity index (χ2n) is 6.63. The van der Waals surface area contributed by atoms with Gasteiger partial charge in [-0.3, -0.25) is 10.1 Å². The van der Waals surface area contributed by atoms with E-state index in [0.717, 1.165) is 37.8 Å². The molecule has 1 N–H and O–H groups in total. The highest BCUT2D eigenvalue weighted by molar-refractivity contribution is 6.03. The van der Waals surface area contributed by atoms with Crippen molar-refractivity contribution >= 4 is 11.9 Å². The predicted octanol–water partition coefficient (Wildman–Crippen LogP) is 4.89. The lowest BCUT2D eigenvalue weighted by Gasteiger charge is -2.16. The molecule has 1 aliphatic rings. The fraction of sp³-hybridized carbons (Fsp3) is 0.250. The molecule has 1 amide bonds. The highest BCUT2D eigenvalue weighted by Gasteiger charge is 2.30. The van der Waals surface area contributed by atoms with Crippen molar-refractivity contribution in [1.29, 1.82) is 0 Å². The van der Waals surface area contributed by atoms with Gasteiger partial charge in [-0.1, -0.05) is 11.2 Å². The Morgan fingerprint density at radius 2 is 1.68 bits per heavy atom. The third kappa shape index (κ3) is 3.76. The number of anilines is 1. The molecule has 0 unspecified atom stereocenters. The summed E-state index contributed by atoms with van der Waals surface area (Å²) in [4.78, 5) is 12.4. The van der Waals surface area contributed by atoms with Gasteiger partial charge in [-0.2, -0.15) is 13.2 Å². The molecule has 0 aliphatic heterocycles. The first kappa shape index (κ1) is 18.2. The summed E-state index contributed by atoms with van der Waals surface area (Å²) in [6, 6.07) is 9.83. The van der Waals surface area contributed by atoms with Gasteiger partial charge in [-0.25, -0.2) is 0 Å². The molecule has 4 rings (SSSR count). The number of alkyl halides is 3. The van der Waals surface area contributed by atoms with Gasteiger partial charge in [-0.15, -0.1) is 5.10 Å². The molecule has 28 heavy (non-hydrogen) atoms. The molecule has 0 bridgehead atoms. The molecule has 0 saturated carbocycles. The van der Waals surface area contributed by atoms with Crippen molar-refractivity contribution in [1.82, 2.24) is 10.2 Å². The van der Waals surface area contributed by atoms with Gasteiger partial charge in [0.2, 0.25) is 5.89 Å². The lowest BCUT2D eigenvalue weighted by molar-refractivity contribution is -0.137. The van der Waals surface area contributed by atoms with E-state index in [1.54, 1.807) is 6.07 Å². The van der Waals surface area contributed by atoms with Crippen LogP contribution in [0.5, 0.6) is 0 Å². The van der Waals surface area contributed by atoms with E-state index >= 15 is 0 Å². The number of fused-ring (bicyclic) bond motifs is 1. The van der Waals surface area contributed by atoms with Crippen molar-refractivity contribution in [2.45, 2.75) is 31.9 Å². The molecule has 144 valence electrons. The van der Waals surface area contributed by atoms with Crippen LogP contribution in [0.15, 0.2) is 46.9 Å². The molecule has 0 atom stereocenters. The number of rotatable bonds is 3. The van der Waals surface area contributed by atoms with Gasteiger partial charge in [0.15, 0.2) is 0 Å². The second kappa shape index (κ2) is 7.10. The molecule has 8 heteroatoms. The van der Waals surface area contributed by atoms with Crippen molar-refractivity contribution < 1.29 is 22.4 Å². The average molecular weight is 387 g/mol. The third-order valence-corrected chi connectivity index (χ3v) is 4.72. The number of aromatic nitrogens is 2. The summed E-state index contributed by atoms with van der Waals surface area (Å²) in [5, 5.41) is 10.1. The van der Waals surface area contributed by atoms with Gasteiger partial charge >= 0.3 is 12.2 Å². The Labute approximate surface area is 158 Å². The van der Waals surface area contributed by atoms with Crippen LogP contribution in [0.25, 0.3) is 11.5 Å². The molecule has 0 radical (unpaired) electrons. The number of halogens is 3. The van der Waals surface area contributed by atoms with Gasteiger partial charge in [0, 0.05) is 11.1 Å². The lowest BCUT2D eigenvalue weighted by Crippen LogP contribution is -2.13. The van der Waals surface area contributed by atoms with Gasteiger partial charge in [0.1, 0.15) is 0 Å². The van der Waals surface area contributed by atoms with Crippen LogP contribution in [0, 0.1) is 0 Å². The predicted molar refractivity (Wildman–Crippen MR) is 95.8 cm³/mol. The molecular formula is C20H16F3N3O2. The average Bonchev–Trinajstić information content (AvgIpc) is 3.15.